The van der Waals surface area contributed by atoms with Crippen LogP contribution in [0.25, 0.3) is 0 Å². The van der Waals surface area contributed by atoms with Crippen molar-refractivity contribution in [2.75, 3.05) is 31.6 Å². The molecule has 2 aromatic carbocycles. The van der Waals surface area contributed by atoms with Gasteiger partial charge in [0, 0.05) is 30.9 Å². The molecule has 3 rings (SSSR count). The van der Waals surface area contributed by atoms with E-state index < -0.39 is 0 Å². The van der Waals surface area contributed by atoms with Crippen molar-refractivity contribution in [3.8, 4) is 5.75 Å². The Morgan fingerprint density at radius 1 is 1.24 bits per heavy atom. The highest BCUT2D eigenvalue weighted by atomic mass is 19.1. The van der Waals surface area contributed by atoms with Crippen molar-refractivity contribution < 1.29 is 13.9 Å². The van der Waals surface area contributed by atoms with Crippen molar-refractivity contribution in [2.45, 2.75) is 12.8 Å². The van der Waals surface area contributed by atoms with E-state index in [1.54, 1.807) is 19.2 Å². The number of rotatable bonds is 6. The summed E-state index contributed by atoms with van der Waals surface area (Å²) < 4.78 is 18.3. The van der Waals surface area contributed by atoms with Gasteiger partial charge in [-0.05, 0) is 42.7 Å². The number of nitrogens with zero attached hydrogens (tertiary/aromatic N) is 1. The second-order valence-corrected chi connectivity index (χ2v) is 6.37. The van der Waals surface area contributed by atoms with Gasteiger partial charge < -0.3 is 15.0 Å². The maximum absolute atomic E-state index is 13.0. The summed E-state index contributed by atoms with van der Waals surface area (Å²) in [5, 5.41) is 3.02. The van der Waals surface area contributed by atoms with E-state index in [1.165, 1.54) is 12.1 Å². The van der Waals surface area contributed by atoms with Crippen LogP contribution in [-0.4, -0.2) is 32.7 Å². The van der Waals surface area contributed by atoms with Crippen LogP contribution < -0.4 is 15.0 Å². The number of benzene rings is 2. The zero-order chi connectivity index (χ0) is 17.6. The number of methoxy groups -OCH3 is 1. The van der Waals surface area contributed by atoms with E-state index in [2.05, 4.69) is 10.2 Å². The molecular weight excluding hydrogens is 319 g/mol. The van der Waals surface area contributed by atoms with Gasteiger partial charge in [-0.2, -0.15) is 0 Å². The summed E-state index contributed by atoms with van der Waals surface area (Å²) >= 11 is 0. The van der Waals surface area contributed by atoms with Gasteiger partial charge in [0.2, 0.25) is 5.91 Å². The lowest BCUT2D eigenvalue weighted by atomic mass is 10.1. The molecule has 0 aromatic heterocycles. The molecular formula is C20H23FN2O2. The molecule has 1 saturated heterocycles. The lowest BCUT2D eigenvalue weighted by Gasteiger charge is -2.19. The Kier molecular flexibility index (Phi) is 5.53. The van der Waals surface area contributed by atoms with E-state index in [-0.39, 0.29) is 11.7 Å². The minimum absolute atomic E-state index is 0.00438. The summed E-state index contributed by atoms with van der Waals surface area (Å²) in [6.07, 6.45) is 1.34. The molecule has 0 saturated carbocycles. The molecule has 1 aliphatic heterocycles. The molecule has 1 atom stereocenters. The molecule has 0 radical (unpaired) electrons. The van der Waals surface area contributed by atoms with Crippen molar-refractivity contribution in [1.82, 2.24) is 5.32 Å². The number of anilines is 1. The predicted octanol–water partition coefficient (Wildman–Crippen LogP) is 3.02. The van der Waals surface area contributed by atoms with E-state index >= 15 is 0 Å². The number of halogens is 1. The first kappa shape index (κ1) is 17.3. The largest absolute Gasteiger partial charge is 0.496 e. The standard InChI is InChI=1S/C20H23FN2O2/c1-25-19-5-3-2-4-16(19)12-20(24)22-13-15-10-11-23(14-15)18-8-6-17(21)7-9-18/h2-9,15H,10-14H2,1H3,(H,22,24)/t15-/m0/s1. The molecule has 2 aromatic rings. The van der Waals surface area contributed by atoms with Crippen LogP contribution in [0.3, 0.4) is 0 Å². The summed E-state index contributed by atoms with van der Waals surface area (Å²) in [6.45, 7) is 2.46. The van der Waals surface area contributed by atoms with Crippen LogP contribution in [0.5, 0.6) is 5.75 Å². The first-order valence-electron chi connectivity index (χ1n) is 8.55. The van der Waals surface area contributed by atoms with Gasteiger partial charge in [0.25, 0.3) is 0 Å². The highest BCUT2D eigenvalue weighted by Crippen LogP contribution is 2.23. The maximum Gasteiger partial charge on any atom is 0.224 e. The first-order chi connectivity index (χ1) is 12.2. The van der Waals surface area contributed by atoms with Crippen LogP contribution in [-0.2, 0) is 11.2 Å². The average molecular weight is 342 g/mol. The lowest BCUT2D eigenvalue weighted by molar-refractivity contribution is -0.120. The van der Waals surface area contributed by atoms with E-state index in [1.807, 2.05) is 24.3 Å². The van der Waals surface area contributed by atoms with Crippen LogP contribution in [0.1, 0.15) is 12.0 Å². The van der Waals surface area contributed by atoms with Crippen molar-refractivity contribution in [3.63, 3.8) is 0 Å². The van der Waals surface area contributed by atoms with Crippen molar-refractivity contribution in [2.24, 2.45) is 5.92 Å². The molecule has 1 heterocycles. The Hall–Kier alpha value is -2.56. The molecule has 5 heteroatoms. The summed E-state index contributed by atoms with van der Waals surface area (Å²) in [5.74, 6) is 0.931. The number of ether oxygens (including phenoxy) is 1. The van der Waals surface area contributed by atoms with Gasteiger partial charge in [0.1, 0.15) is 11.6 Å². The van der Waals surface area contributed by atoms with Crippen molar-refractivity contribution in [1.29, 1.82) is 0 Å². The second-order valence-electron chi connectivity index (χ2n) is 6.37. The molecule has 0 aliphatic carbocycles. The van der Waals surface area contributed by atoms with Gasteiger partial charge in [-0.25, -0.2) is 4.39 Å². The molecule has 4 nitrogen and oxygen atoms in total. The average Bonchev–Trinajstić information content (AvgIpc) is 3.10. The van der Waals surface area contributed by atoms with Crippen LogP contribution in [0.4, 0.5) is 10.1 Å². The molecule has 1 N–H and O–H groups in total. The van der Waals surface area contributed by atoms with Gasteiger partial charge in [-0.1, -0.05) is 18.2 Å². The van der Waals surface area contributed by atoms with Crippen LogP contribution in [0.15, 0.2) is 48.5 Å². The predicted molar refractivity (Wildman–Crippen MR) is 96.4 cm³/mol. The Bertz CT molecular complexity index is 718. The van der Waals surface area contributed by atoms with Gasteiger partial charge in [-0.15, -0.1) is 0 Å². The smallest absolute Gasteiger partial charge is 0.224 e. The summed E-state index contributed by atoms with van der Waals surface area (Å²) in [7, 11) is 1.61. The molecule has 132 valence electrons. The zero-order valence-electron chi connectivity index (χ0n) is 14.4. The number of carbonyl (C=O) groups excluding carboxylic acids is 1. The summed E-state index contributed by atoms with van der Waals surface area (Å²) in [4.78, 5) is 14.4. The zero-order valence-corrected chi connectivity index (χ0v) is 14.4. The maximum atomic E-state index is 13.0. The summed E-state index contributed by atoms with van der Waals surface area (Å²) in [5.41, 5.74) is 1.92. The van der Waals surface area contributed by atoms with Gasteiger partial charge in [0.15, 0.2) is 0 Å². The quantitative estimate of drug-likeness (QED) is 0.877. The number of hydrogen-bond donors (Lipinski definition) is 1. The van der Waals surface area contributed by atoms with E-state index in [0.29, 0.717) is 18.9 Å². The van der Waals surface area contributed by atoms with E-state index in [9.17, 15) is 9.18 Å². The molecule has 1 fully saturated rings. The van der Waals surface area contributed by atoms with Crippen LogP contribution in [0, 0.1) is 11.7 Å². The monoisotopic (exact) mass is 342 g/mol. The first-order valence-corrected chi connectivity index (χ1v) is 8.55. The van der Waals surface area contributed by atoms with Gasteiger partial charge in [0.05, 0.1) is 13.5 Å². The van der Waals surface area contributed by atoms with E-state index in [0.717, 1.165) is 36.5 Å². The van der Waals surface area contributed by atoms with Gasteiger partial charge in [-0.3, -0.25) is 4.79 Å². The number of amides is 1. The van der Waals surface area contributed by atoms with Crippen molar-refractivity contribution in [3.05, 3.63) is 59.9 Å². The lowest BCUT2D eigenvalue weighted by Crippen LogP contribution is -2.32. The fourth-order valence-electron chi connectivity index (χ4n) is 3.23. The normalized spacial score (nSPS) is 16.7. The van der Waals surface area contributed by atoms with Crippen LogP contribution >= 0.6 is 0 Å². The van der Waals surface area contributed by atoms with Gasteiger partial charge >= 0.3 is 0 Å². The third-order valence-electron chi connectivity index (χ3n) is 4.61. The highest BCUT2D eigenvalue weighted by molar-refractivity contribution is 5.79. The topological polar surface area (TPSA) is 41.6 Å². The molecule has 0 bridgehead atoms. The number of carbonyl (C=O) groups is 1. The fraction of sp³-hybridized carbons (Fsp3) is 0.350. The minimum Gasteiger partial charge on any atom is -0.496 e. The second kappa shape index (κ2) is 8.01. The fourth-order valence-corrected chi connectivity index (χ4v) is 3.23. The van der Waals surface area contributed by atoms with Crippen molar-refractivity contribution >= 4 is 11.6 Å². The molecule has 0 spiro atoms. The molecule has 1 amide bonds. The third kappa shape index (κ3) is 4.50. The Labute approximate surface area is 147 Å². The number of nitrogens with one attached hydrogen (secondary N) is 1. The third-order valence-corrected chi connectivity index (χ3v) is 4.61. The highest BCUT2D eigenvalue weighted by Gasteiger charge is 2.23. The number of para-hydroxylation sites is 1. The molecule has 25 heavy (non-hydrogen) atoms. The van der Waals surface area contributed by atoms with Crippen LogP contribution in [0.2, 0.25) is 0 Å². The molecule has 0 unspecified atom stereocenters. The Balaban J connectivity index is 1.47. The van der Waals surface area contributed by atoms with E-state index in [4.69, 9.17) is 4.74 Å². The minimum atomic E-state index is -0.219. The number of hydrogen-bond acceptors (Lipinski definition) is 3. The SMILES string of the molecule is COc1ccccc1CC(=O)NC[C@@H]1CCN(c2ccc(F)cc2)C1. The summed E-state index contributed by atoms with van der Waals surface area (Å²) in [6, 6.07) is 14.1. The molecule has 1 aliphatic rings. The Morgan fingerprint density at radius 3 is 2.76 bits per heavy atom. The Morgan fingerprint density at radius 2 is 2.00 bits per heavy atom.